The maximum Gasteiger partial charge on any atom is 0.172 e. The minimum Gasteiger partial charge on any atom is -0.310 e. The summed E-state index contributed by atoms with van der Waals surface area (Å²) in [4.78, 5) is 11.4. The second-order valence-electron chi connectivity index (χ2n) is 3.37. The van der Waals surface area contributed by atoms with Crippen molar-refractivity contribution >= 4 is 5.78 Å². The quantitative estimate of drug-likeness (QED) is 0.635. The average molecular weight is 169 g/mol. The van der Waals surface area contributed by atoms with Gasteiger partial charge in [0.25, 0.3) is 0 Å². The Kier molecular flexibility index (Phi) is 5.64. The minimum absolute atomic E-state index is 0.0128. The van der Waals surface area contributed by atoms with Gasteiger partial charge in [0.05, 0.1) is 6.04 Å². The highest BCUT2D eigenvalue weighted by Gasteiger charge is 2.14. The molecule has 0 radical (unpaired) electrons. The van der Waals surface area contributed by atoms with Crippen LogP contribution >= 0.6 is 0 Å². The van der Waals surface area contributed by atoms with Crippen molar-refractivity contribution in [1.82, 2.24) is 5.32 Å². The fourth-order valence-corrected chi connectivity index (χ4v) is 1.13. The molecular weight excluding hydrogens is 150 g/mol. The first-order valence-electron chi connectivity index (χ1n) is 4.45. The van der Waals surface area contributed by atoms with Crippen molar-refractivity contribution in [2.75, 3.05) is 7.05 Å². The van der Waals surface area contributed by atoms with Crippen LogP contribution in [0, 0.1) is 5.92 Å². The summed E-state index contributed by atoms with van der Waals surface area (Å²) in [7, 11) is 1.83. The molecule has 0 fully saturated rings. The summed E-state index contributed by atoms with van der Waals surface area (Å²) in [6.45, 7) is 6.10. The van der Waals surface area contributed by atoms with E-state index in [1.54, 1.807) is 12.2 Å². The molecule has 0 spiro atoms. The molecule has 1 atom stereocenters. The maximum absolute atomic E-state index is 11.4. The Morgan fingerprint density at radius 3 is 2.42 bits per heavy atom. The van der Waals surface area contributed by atoms with Crippen LogP contribution < -0.4 is 5.32 Å². The summed E-state index contributed by atoms with van der Waals surface area (Å²) in [6.07, 6.45) is 4.32. The number of carbonyl (C=O) groups excluding carboxylic acids is 1. The minimum atomic E-state index is -0.0128. The molecule has 0 rings (SSSR count). The number of nitrogens with one attached hydrogen (secondary N) is 1. The van der Waals surface area contributed by atoms with Crippen LogP contribution in [-0.2, 0) is 4.79 Å². The second kappa shape index (κ2) is 5.95. The maximum atomic E-state index is 11.4. The van der Waals surface area contributed by atoms with Crippen molar-refractivity contribution in [2.24, 2.45) is 5.92 Å². The topological polar surface area (TPSA) is 29.1 Å². The Balaban J connectivity index is 4.05. The van der Waals surface area contributed by atoms with Crippen molar-refractivity contribution in [1.29, 1.82) is 0 Å². The van der Waals surface area contributed by atoms with E-state index in [0.717, 1.165) is 6.42 Å². The molecule has 0 amide bonds. The van der Waals surface area contributed by atoms with Gasteiger partial charge >= 0.3 is 0 Å². The van der Waals surface area contributed by atoms with Gasteiger partial charge in [-0.05, 0) is 32.4 Å². The first-order chi connectivity index (χ1) is 5.61. The third kappa shape index (κ3) is 4.29. The fraction of sp³-hybridized carbons (Fsp3) is 0.700. The van der Waals surface area contributed by atoms with Crippen LogP contribution in [0.15, 0.2) is 12.2 Å². The molecule has 1 N–H and O–H groups in total. The van der Waals surface area contributed by atoms with E-state index >= 15 is 0 Å². The van der Waals surface area contributed by atoms with Crippen LogP contribution in [0.5, 0.6) is 0 Å². The van der Waals surface area contributed by atoms with E-state index in [1.165, 1.54) is 0 Å². The van der Waals surface area contributed by atoms with Gasteiger partial charge in [0.1, 0.15) is 0 Å². The summed E-state index contributed by atoms with van der Waals surface area (Å²) >= 11 is 0. The zero-order valence-corrected chi connectivity index (χ0v) is 8.42. The second-order valence-corrected chi connectivity index (χ2v) is 3.37. The van der Waals surface area contributed by atoms with Crippen molar-refractivity contribution < 1.29 is 4.79 Å². The molecule has 0 aromatic heterocycles. The lowest BCUT2D eigenvalue weighted by atomic mass is 10.0. The van der Waals surface area contributed by atoms with E-state index in [0.29, 0.717) is 5.92 Å². The Morgan fingerprint density at radius 1 is 1.50 bits per heavy atom. The van der Waals surface area contributed by atoms with E-state index in [9.17, 15) is 4.79 Å². The molecule has 0 saturated carbocycles. The largest absolute Gasteiger partial charge is 0.310 e. The molecule has 0 aromatic carbocycles. The zero-order chi connectivity index (χ0) is 9.56. The normalized spacial score (nSPS) is 14.1. The molecule has 0 bridgehead atoms. The highest BCUT2D eigenvalue weighted by atomic mass is 16.1. The van der Waals surface area contributed by atoms with Gasteiger partial charge in [-0.3, -0.25) is 4.79 Å². The number of hydrogen-bond donors (Lipinski definition) is 1. The monoisotopic (exact) mass is 169 g/mol. The smallest absolute Gasteiger partial charge is 0.172 e. The fourth-order valence-electron chi connectivity index (χ4n) is 1.13. The number of rotatable bonds is 5. The average Bonchev–Trinajstić information content (AvgIpc) is 2.00. The van der Waals surface area contributed by atoms with Crippen LogP contribution in [0.1, 0.15) is 27.2 Å². The number of hydrogen-bond acceptors (Lipinski definition) is 2. The standard InChI is InChI=1S/C10H19NO/c1-5-6-10(12)9(11-4)7-8(2)3/h5-6,8-9,11H,7H2,1-4H3/b6-5+/t9-/m0/s1. The Morgan fingerprint density at radius 2 is 2.08 bits per heavy atom. The molecule has 0 aliphatic rings. The van der Waals surface area contributed by atoms with Crippen molar-refractivity contribution in [3.8, 4) is 0 Å². The number of allylic oxidation sites excluding steroid dienone is 1. The van der Waals surface area contributed by atoms with Crippen molar-refractivity contribution in [3.63, 3.8) is 0 Å². The summed E-state index contributed by atoms with van der Waals surface area (Å²) in [5.41, 5.74) is 0. The Bertz CT molecular complexity index is 161. The first-order valence-corrected chi connectivity index (χ1v) is 4.45. The molecule has 0 aliphatic heterocycles. The summed E-state index contributed by atoms with van der Waals surface area (Å²) < 4.78 is 0. The lowest BCUT2D eigenvalue weighted by Crippen LogP contribution is -2.34. The van der Waals surface area contributed by atoms with Crippen LogP contribution in [0.25, 0.3) is 0 Å². The van der Waals surface area contributed by atoms with Gasteiger partial charge < -0.3 is 5.32 Å². The summed E-state index contributed by atoms with van der Waals surface area (Å²) in [5, 5.41) is 3.02. The Hall–Kier alpha value is -0.630. The number of carbonyl (C=O) groups is 1. The molecule has 2 heteroatoms. The molecule has 0 saturated heterocycles. The summed E-state index contributed by atoms with van der Waals surface area (Å²) in [5.74, 6) is 0.727. The van der Waals surface area contributed by atoms with Gasteiger partial charge in [0, 0.05) is 0 Å². The van der Waals surface area contributed by atoms with Crippen LogP contribution in [-0.4, -0.2) is 18.9 Å². The molecule has 2 nitrogen and oxygen atoms in total. The van der Waals surface area contributed by atoms with Gasteiger partial charge in [0.15, 0.2) is 5.78 Å². The molecular formula is C10H19NO. The van der Waals surface area contributed by atoms with Crippen molar-refractivity contribution in [3.05, 3.63) is 12.2 Å². The molecule has 0 aromatic rings. The van der Waals surface area contributed by atoms with Gasteiger partial charge in [-0.25, -0.2) is 0 Å². The lowest BCUT2D eigenvalue weighted by molar-refractivity contribution is -0.116. The zero-order valence-electron chi connectivity index (χ0n) is 8.42. The molecule has 0 heterocycles. The first kappa shape index (κ1) is 11.4. The van der Waals surface area contributed by atoms with Crippen LogP contribution in [0.3, 0.4) is 0 Å². The molecule has 12 heavy (non-hydrogen) atoms. The predicted molar refractivity (Wildman–Crippen MR) is 52.1 cm³/mol. The number of ketones is 1. The lowest BCUT2D eigenvalue weighted by Gasteiger charge is -2.14. The van der Waals surface area contributed by atoms with Crippen LogP contribution in [0.4, 0.5) is 0 Å². The van der Waals surface area contributed by atoms with E-state index in [1.807, 2.05) is 14.0 Å². The molecule has 0 unspecified atom stereocenters. The van der Waals surface area contributed by atoms with Crippen molar-refractivity contribution in [2.45, 2.75) is 33.2 Å². The van der Waals surface area contributed by atoms with Gasteiger partial charge in [-0.1, -0.05) is 19.9 Å². The van der Waals surface area contributed by atoms with E-state index < -0.39 is 0 Å². The van der Waals surface area contributed by atoms with Gasteiger partial charge in [-0.2, -0.15) is 0 Å². The van der Waals surface area contributed by atoms with E-state index in [2.05, 4.69) is 19.2 Å². The highest BCUT2D eigenvalue weighted by molar-refractivity contribution is 5.94. The SMILES string of the molecule is C/C=C/C(=O)[C@H](CC(C)C)NC. The molecule has 70 valence electrons. The highest BCUT2D eigenvalue weighted by Crippen LogP contribution is 2.05. The Labute approximate surface area is 75.0 Å². The number of likely N-dealkylation sites (N-methyl/N-ethyl adjacent to an activating group) is 1. The third-order valence-electron chi connectivity index (χ3n) is 1.73. The molecule has 0 aliphatic carbocycles. The third-order valence-corrected chi connectivity index (χ3v) is 1.73. The van der Waals surface area contributed by atoms with Gasteiger partial charge in [-0.15, -0.1) is 0 Å². The van der Waals surface area contributed by atoms with Crippen LogP contribution in [0.2, 0.25) is 0 Å². The van der Waals surface area contributed by atoms with E-state index in [-0.39, 0.29) is 11.8 Å². The summed E-state index contributed by atoms with van der Waals surface area (Å²) in [6, 6.07) is -0.0128. The van der Waals surface area contributed by atoms with E-state index in [4.69, 9.17) is 0 Å². The predicted octanol–water partition coefficient (Wildman–Crippen LogP) is 1.77. The van der Waals surface area contributed by atoms with Gasteiger partial charge in [0.2, 0.25) is 0 Å².